The van der Waals surface area contributed by atoms with Gasteiger partial charge in [0.05, 0.1) is 27.7 Å². The molecule has 1 N–H and O–H groups in total. The average molecular weight is 1160 g/mol. The summed E-state index contributed by atoms with van der Waals surface area (Å²) in [6.45, 7) is 4.52. The van der Waals surface area contributed by atoms with Crippen molar-refractivity contribution in [3.63, 3.8) is 0 Å². The highest BCUT2D eigenvalue weighted by molar-refractivity contribution is 7.47. The van der Waals surface area contributed by atoms with Crippen LogP contribution in [-0.4, -0.2) is 74.9 Å². The fraction of sp³-hybridized carbons (Fsp3) is 0.971. The van der Waals surface area contributed by atoms with Crippen LogP contribution >= 0.6 is 7.82 Å². The Labute approximate surface area is 499 Å². The number of unbranched alkanes of at least 4 members (excludes halogenated alkanes) is 54. The van der Waals surface area contributed by atoms with E-state index in [1.165, 1.54) is 321 Å². The molecule has 478 valence electrons. The van der Waals surface area contributed by atoms with Gasteiger partial charge in [-0.05, 0) is 12.8 Å². The van der Waals surface area contributed by atoms with Gasteiger partial charge in [-0.3, -0.25) is 18.6 Å². The van der Waals surface area contributed by atoms with Crippen LogP contribution in [0.3, 0.4) is 0 Å². The first kappa shape index (κ1) is 79.0. The molecule has 0 heterocycles. The van der Waals surface area contributed by atoms with Crippen molar-refractivity contribution in [3.05, 3.63) is 0 Å². The van der Waals surface area contributed by atoms with Crippen LogP contribution in [-0.2, 0) is 32.7 Å². The van der Waals surface area contributed by atoms with Gasteiger partial charge < -0.3 is 18.9 Å². The van der Waals surface area contributed by atoms with Crippen molar-refractivity contribution in [3.8, 4) is 0 Å². The molecule has 0 saturated heterocycles. The molecule has 0 aromatic rings. The molecule has 0 rings (SSSR count). The fourth-order valence-electron chi connectivity index (χ4n) is 11.1. The van der Waals surface area contributed by atoms with Gasteiger partial charge in [0, 0.05) is 12.8 Å². The van der Waals surface area contributed by atoms with E-state index in [1.54, 1.807) is 0 Å². The maximum Gasteiger partial charge on any atom is 0.472 e. The smallest absolute Gasteiger partial charge is 0.462 e. The Morgan fingerprint density at radius 1 is 0.338 bits per heavy atom. The van der Waals surface area contributed by atoms with Crippen LogP contribution in [0.5, 0.6) is 0 Å². The van der Waals surface area contributed by atoms with E-state index in [2.05, 4.69) is 13.8 Å². The fourth-order valence-corrected chi connectivity index (χ4v) is 11.9. The number of esters is 2. The molecule has 0 radical (unpaired) electrons. The second-order valence-corrected chi connectivity index (χ2v) is 27.5. The highest BCUT2D eigenvalue weighted by atomic mass is 31.2. The lowest BCUT2D eigenvalue weighted by Gasteiger charge is -2.24. The number of nitrogens with zero attached hydrogens (tertiary/aromatic N) is 1. The molecule has 0 bridgehead atoms. The highest BCUT2D eigenvalue weighted by Gasteiger charge is 2.27. The Balaban J connectivity index is 3.84. The molecular weight excluding hydrogens is 1010 g/mol. The molecule has 0 amide bonds. The van der Waals surface area contributed by atoms with E-state index in [0.717, 1.165) is 38.5 Å². The number of hydrogen-bond donors (Lipinski definition) is 1. The van der Waals surface area contributed by atoms with Crippen LogP contribution < -0.4 is 0 Å². The van der Waals surface area contributed by atoms with Crippen molar-refractivity contribution in [1.29, 1.82) is 0 Å². The summed E-state index contributed by atoms with van der Waals surface area (Å²) in [6, 6.07) is 0. The molecule has 0 aromatic heterocycles. The Bertz CT molecular complexity index is 1310. The van der Waals surface area contributed by atoms with E-state index in [-0.39, 0.29) is 25.6 Å². The lowest BCUT2D eigenvalue weighted by molar-refractivity contribution is -0.870. The first-order valence-electron chi connectivity index (χ1n) is 35.8. The minimum atomic E-state index is -4.38. The molecule has 80 heavy (non-hydrogen) atoms. The third-order valence-electron chi connectivity index (χ3n) is 16.6. The van der Waals surface area contributed by atoms with Crippen molar-refractivity contribution in [2.24, 2.45) is 0 Å². The minimum absolute atomic E-state index is 0.0376. The largest absolute Gasteiger partial charge is 0.472 e. The number of hydrogen-bond acceptors (Lipinski definition) is 7. The van der Waals surface area contributed by atoms with Gasteiger partial charge in [0.15, 0.2) is 6.10 Å². The van der Waals surface area contributed by atoms with Gasteiger partial charge in [-0.15, -0.1) is 0 Å². The topological polar surface area (TPSA) is 108 Å². The number of phosphoric acid groups is 1. The van der Waals surface area contributed by atoms with Crippen molar-refractivity contribution in [1.82, 2.24) is 0 Å². The summed E-state index contributed by atoms with van der Waals surface area (Å²) in [5.74, 6) is -0.770. The number of rotatable bonds is 68. The van der Waals surface area contributed by atoms with Gasteiger partial charge in [-0.25, -0.2) is 4.57 Å². The number of phosphoric ester groups is 1. The Morgan fingerprint density at radius 2 is 0.562 bits per heavy atom. The number of carbonyl (C=O) groups excluding carboxylic acids is 2. The van der Waals surface area contributed by atoms with Crippen LogP contribution in [0.25, 0.3) is 0 Å². The summed E-state index contributed by atoms with van der Waals surface area (Å²) in [5, 5.41) is 0. The summed E-state index contributed by atoms with van der Waals surface area (Å²) in [5.41, 5.74) is 0. The SMILES string of the molecule is CCCCCCCCCCCCCCCCCCCCCCCCCCCCCCCCCCCCCCCCCC(=O)OC(COC(=O)CCCCCCCCCCCCCCCCCCC)COP(=O)(O)OCC[N+](C)(C)C. The molecule has 10 heteroatoms. The van der Waals surface area contributed by atoms with E-state index < -0.39 is 26.5 Å². The second-order valence-electron chi connectivity index (χ2n) is 26.0. The zero-order chi connectivity index (χ0) is 58.4. The Morgan fingerprint density at radius 3 is 0.800 bits per heavy atom. The maximum absolute atomic E-state index is 12.9. The number of carbonyl (C=O) groups is 2. The van der Waals surface area contributed by atoms with Gasteiger partial charge in [-0.1, -0.05) is 361 Å². The van der Waals surface area contributed by atoms with Gasteiger partial charge in [0.25, 0.3) is 0 Å². The third kappa shape index (κ3) is 66.2. The molecule has 0 aliphatic heterocycles. The van der Waals surface area contributed by atoms with E-state index >= 15 is 0 Å². The molecule has 0 aliphatic rings. The molecule has 2 atom stereocenters. The lowest BCUT2D eigenvalue weighted by atomic mass is 10.0. The van der Waals surface area contributed by atoms with Crippen LogP contribution in [0, 0.1) is 0 Å². The van der Waals surface area contributed by atoms with Crippen LogP contribution in [0.1, 0.15) is 386 Å². The van der Waals surface area contributed by atoms with Gasteiger partial charge >= 0.3 is 19.8 Å². The monoisotopic (exact) mass is 1160 g/mol. The molecule has 2 unspecified atom stereocenters. The molecular formula is C70H141NO8P+. The summed E-state index contributed by atoms with van der Waals surface area (Å²) >= 11 is 0. The highest BCUT2D eigenvalue weighted by Crippen LogP contribution is 2.43. The first-order valence-corrected chi connectivity index (χ1v) is 37.3. The van der Waals surface area contributed by atoms with E-state index in [1.807, 2.05) is 21.1 Å². The van der Waals surface area contributed by atoms with Crippen LogP contribution in [0.4, 0.5) is 0 Å². The summed E-state index contributed by atoms with van der Waals surface area (Å²) in [4.78, 5) is 35.8. The summed E-state index contributed by atoms with van der Waals surface area (Å²) in [7, 11) is 1.51. The second kappa shape index (κ2) is 62.5. The molecule has 9 nitrogen and oxygen atoms in total. The normalized spacial score (nSPS) is 13.0. The first-order chi connectivity index (χ1) is 39.0. The van der Waals surface area contributed by atoms with E-state index in [9.17, 15) is 19.0 Å². The summed E-state index contributed by atoms with van der Waals surface area (Å²) in [6.07, 6.45) is 75.2. The van der Waals surface area contributed by atoms with Gasteiger partial charge in [0.2, 0.25) is 0 Å². The Hall–Kier alpha value is -0.990. The van der Waals surface area contributed by atoms with Gasteiger partial charge in [-0.2, -0.15) is 0 Å². The standard InChI is InChI=1S/C70H140NO8P/c1-6-8-10-12-14-16-18-20-22-24-25-26-27-28-29-30-31-32-33-34-35-36-37-38-39-40-41-42-43-44-45-47-49-51-53-55-57-59-61-63-70(73)79-68(67-78-80(74,75)77-65-64-71(3,4)5)66-76-69(72)62-60-58-56-54-52-50-48-46-23-21-19-17-15-13-11-9-7-2/h68H,6-67H2,1-5H3/p+1. The van der Waals surface area contributed by atoms with E-state index in [0.29, 0.717) is 17.4 Å². The molecule has 0 saturated carbocycles. The maximum atomic E-state index is 12.9. The van der Waals surface area contributed by atoms with E-state index in [4.69, 9.17) is 18.5 Å². The minimum Gasteiger partial charge on any atom is -0.462 e. The zero-order valence-corrected chi connectivity index (χ0v) is 55.5. The predicted molar refractivity (Wildman–Crippen MR) is 345 cm³/mol. The Kier molecular flexibility index (Phi) is 61.8. The molecule has 0 aromatic carbocycles. The third-order valence-corrected chi connectivity index (χ3v) is 17.6. The zero-order valence-electron chi connectivity index (χ0n) is 54.6. The number of likely N-dealkylation sites (N-methyl/N-ethyl adjacent to an activating group) is 1. The molecule has 0 aliphatic carbocycles. The van der Waals surface area contributed by atoms with Crippen molar-refractivity contribution < 1.29 is 42.1 Å². The molecule has 0 fully saturated rings. The van der Waals surface area contributed by atoms with Crippen LogP contribution in [0.2, 0.25) is 0 Å². The van der Waals surface area contributed by atoms with Crippen LogP contribution in [0.15, 0.2) is 0 Å². The number of quaternary nitrogens is 1. The predicted octanol–water partition coefficient (Wildman–Crippen LogP) is 22.9. The van der Waals surface area contributed by atoms with Gasteiger partial charge in [0.1, 0.15) is 19.8 Å². The van der Waals surface area contributed by atoms with Crippen molar-refractivity contribution >= 4 is 19.8 Å². The summed E-state index contributed by atoms with van der Waals surface area (Å²) < 4.78 is 34.7. The lowest BCUT2D eigenvalue weighted by Crippen LogP contribution is -2.37. The number of ether oxygens (including phenoxy) is 2. The van der Waals surface area contributed by atoms with Crippen molar-refractivity contribution in [2.45, 2.75) is 392 Å². The van der Waals surface area contributed by atoms with Crippen molar-refractivity contribution in [2.75, 3.05) is 47.5 Å². The molecule has 0 spiro atoms. The quantitative estimate of drug-likeness (QED) is 0.0278. The average Bonchev–Trinajstić information content (AvgIpc) is 3.42.